The molecule has 4 heteroatoms. The summed E-state index contributed by atoms with van der Waals surface area (Å²) < 4.78 is 0. The number of anilines is 1. The van der Waals surface area contributed by atoms with Crippen molar-refractivity contribution in [3.63, 3.8) is 0 Å². The summed E-state index contributed by atoms with van der Waals surface area (Å²) in [5, 5.41) is 10.2. The molecule has 0 radical (unpaired) electrons. The lowest BCUT2D eigenvalue weighted by molar-refractivity contribution is 0.0697. The van der Waals surface area contributed by atoms with Crippen LogP contribution in [0.5, 0.6) is 0 Å². The van der Waals surface area contributed by atoms with Crippen LogP contribution >= 0.6 is 0 Å². The lowest BCUT2D eigenvalue weighted by Crippen LogP contribution is -2.27. The highest BCUT2D eigenvalue weighted by atomic mass is 16.4. The van der Waals surface area contributed by atoms with E-state index in [1.54, 1.807) is 0 Å². The monoisotopic (exact) mass is 244 g/mol. The third-order valence-corrected chi connectivity index (χ3v) is 3.10. The maximum atomic E-state index is 11.3. The van der Waals surface area contributed by atoms with Gasteiger partial charge in [-0.05, 0) is 19.9 Å². The Morgan fingerprint density at radius 1 is 1.33 bits per heavy atom. The highest BCUT2D eigenvalue weighted by Gasteiger charge is 2.19. The van der Waals surface area contributed by atoms with Gasteiger partial charge in [0.25, 0.3) is 0 Å². The van der Waals surface area contributed by atoms with E-state index in [2.05, 4.69) is 4.98 Å². The Labute approximate surface area is 106 Å². The molecule has 0 fully saturated rings. The van der Waals surface area contributed by atoms with Crippen LogP contribution in [0.25, 0.3) is 10.9 Å². The Hall–Kier alpha value is -2.10. The average Bonchev–Trinajstić information content (AvgIpc) is 2.36. The molecule has 0 aliphatic carbocycles. The van der Waals surface area contributed by atoms with Crippen LogP contribution in [-0.2, 0) is 0 Å². The molecular formula is C14H16N2O2. The maximum absolute atomic E-state index is 11.3. The van der Waals surface area contributed by atoms with Crippen LogP contribution in [0.15, 0.2) is 30.5 Å². The third kappa shape index (κ3) is 2.01. The first-order valence-corrected chi connectivity index (χ1v) is 5.86. The van der Waals surface area contributed by atoms with E-state index in [9.17, 15) is 9.90 Å². The Kier molecular flexibility index (Phi) is 3.19. The van der Waals surface area contributed by atoms with Gasteiger partial charge in [0.15, 0.2) is 0 Å². The number of carbonyl (C=O) groups is 1. The number of aromatic nitrogens is 1. The fraction of sp³-hybridized carbons (Fsp3) is 0.286. The number of carboxylic acid groups (broad SMARTS) is 1. The quantitative estimate of drug-likeness (QED) is 0.902. The number of benzene rings is 1. The molecule has 94 valence electrons. The Balaban J connectivity index is 2.78. The van der Waals surface area contributed by atoms with Crippen LogP contribution in [0.4, 0.5) is 5.69 Å². The average molecular weight is 244 g/mol. The lowest BCUT2D eigenvalue weighted by atomic mass is 10.1. The van der Waals surface area contributed by atoms with E-state index in [0.29, 0.717) is 0 Å². The lowest BCUT2D eigenvalue weighted by Gasteiger charge is -2.26. The van der Waals surface area contributed by atoms with Gasteiger partial charge in [0, 0.05) is 24.7 Å². The molecule has 4 nitrogen and oxygen atoms in total. The highest BCUT2D eigenvalue weighted by molar-refractivity contribution is 6.04. The number of aromatic carboxylic acids is 1. The van der Waals surface area contributed by atoms with Crippen molar-refractivity contribution in [3.05, 3.63) is 36.0 Å². The minimum atomic E-state index is -0.948. The number of rotatable bonds is 3. The van der Waals surface area contributed by atoms with E-state index in [-0.39, 0.29) is 11.6 Å². The summed E-state index contributed by atoms with van der Waals surface area (Å²) in [5.41, 5.74) is 1.78. The van der Waals surface area contributed by atoms with Crippen molar-refractivity contribution < 1.29 is 9.90 Å². The number of nitrogens with zero attached hydrogens (tertiary/aromatic N) is 2. The second kappa shape index (κ2) is 4.64. The Morgan fingerprint density at radius 3 is 2.61 bits per heavy atom. The van der Waals surface area contributed by atoms with Crippen LogP contribution in [0.1, 0.15) is 24.2 Å². The summed E-state index contributed by atoms with van der Waals surface area (Å²) in [4.78, 5) is 17.5. The van der Waals surface area contributed by atoms with Gasteiger partial charge in [0.2, 0.25) is 0 Å². The second-order valence-electron chi connectivity index (χ2n) is 4.55. The number of hydrogen-bond donors (Lipinski definition) is 1. The van der Waals surface area contributed by atoms with E-state index < -0.39 is 5.97 Å². The standard InChI is InChI=1S/C14H16N2O2/c1-9(2)16(3)13-10-6-4-5-7-12(10)15-8-11(13)14(17)18/h4-9H,1-3H3,(H,17,18). The predicted molar refractivity (Wildman–Crippen MR) is 72.2 cm³/mol. The fourth-order valence-corrected chi connectivity index (χ4v) is 1.92. The molecule has 0 bridgehead atoms. The zero-order valence-corrected chi connectivity index (χ0v) is 10.7. The van der Waals surface area contributed by atoms with Crippen molar-refractivity contribution in [2.75, 3.05) is 11.9 Å². The summed E-state index contributed by atoms with van der Waals surface area (Å²) in [6.45, 7) is 4.06. The van der Waals surface area contributed by atoms with Gasteiger partial charge in [-0.3, -0.25) is 4.98 Å². The van der Waals surface area contributed by atoms with Crippen LogP contribution < -0.4 is 4.90 Å². The number of pyridine rings is 1. The van der Waals surface area contributed by atoms with Crippen molar-refractivity contribution in [1.82, 2.24) is 4.98 Å². The van der Waals surface area contributed by atoms with Gasteiger partial charge in [0.1, 0.15) is 5.56 Å². The first-order chi connectivity index (χ1) is 8.52. The molecule has 0 atom stereocenters. The molecule has 0 aliphatic heterocycles. The molecule has 2 rings (SSSR count). The van der Waals surface area contributed by atoms with E-state index >= 15 is 0 Å². The van der Waals surface area contributed by atoms with Gasteiger partial charge in [-0.15, -0.1) is 0 Å². The van der Waals surface area contributed by atoms with Crippen molar-refractivity contribution in [3.8, 4) is 0 Å². The minimum Gasteiger partial charge on any atom is -0.478 e. The van der Waals surface area contributed by atoms with E-state index in [1.807, 2.05) is 50.1 Å². The van der Waals surface area contributed by atoms with Gasteiger partial charge >= 0.3 is 5.97 Å². The third-order valence-electron chi connectivity index (χ3n) is 3.10. The SMILES string of the molecule is CC(C)N(C)c1c(C(=O)O)cnc2ccccc12. The molecular weight excluding hydrogens is 228 g/mol. The summed E-state index contributed by atoms with van der Waals surface area (Å²) in [6, 6.07) is 7.80. The number of hydrogen-bond acceptors (Lipinski definition) is 3. The molecule has 0 amide bonds. The van der Waals surface area contributed by atoms with Gasteiger partial charge in [-0.25, -0.2) is 4.79 Å². The van der Waals surface area contributed by atoms with E-state index in [1.165, 1.54) is 6.20 Å². The zero-order chi connectivity index (χ0) is 13.3. The van der Waals surface area contributed by atoms with Crippen LogP contribution in [-0.4, -0.2) is 29.1 Å². The predicted octanol–water partition coefficient (Wildman–Crippen LogP) is 2.78. The number of fused-ring (bicyclic) bond motifs is 1. The summed E-state index contributed by atoms with van der Waals surface area (Å²) in [5.74, 6) is -0.948. The first-order valence-electron chi connectivity index (χ1n) is 5.86. The fourth-order valence-electron chi connectivity index (χ4n) is 1.92. The summed E-state index contributed by atoms with van der Waals surface area (Å²) in [7, 11) is 1.90. The second-order valence-corrected chi connectivity index (χ2v) is 4.55. The highest BCUT2D eigenvalue weighted by Crippen LogP contribution is 2.29. The molecule has 1 N–H and O–H groups in total. The first kappa shape index (κ1) is 12.4. The minimum absolute atomic E-state index is 0.217. The molecule has 1 heterocycles. The van der Waals surface area contributed by atoms with E-state index in [4.69, 9.17) is 0 Å². The Bertz CT molecular complexity index is 593. The molecule has 0 saturated carbocycles. The summed E-state index contributed by atoms with van der Waals surface area (Å²) >= 11 is 0. The van der Waals surface area contributed by atoms with Gasteiger partial charge in [0.05, 0.1) is 11.2 Å². The van der Waals surface area contributed by atoms with Gasteiger partial charge < -0.3 is 10.0 Å². The van der Waals surface area contributed by atoms with Crippen molar-refractivity contribution in [2.24, 2.45) is 0 Å². The van der Waals surface area contributed by atoms with Crippen LogP contribution in [0.3, 0.4) is 0 Å². The molecule has 0 saturated heterocycles. The summed E-state index contributed by atoms with van der Waals surface area (Å²) in [6.07, 6.45) is 1.43. The Morgan fingerprint density at radius 2 is 2.00 bits per heavy atom. The van der Waals surface area contributed by atoms with Crippen LogP contribution in [0, 0.1) is 0 Å². The molecule has 0 spiro atoms. The molecule has 0 unspecified atom stereocenters. The zero-order valence-electron chi connectivity index (χ0n) is 10.7. The molecule has 1 aromatic heterocycles. The van der Waals surface area contributed by atoms with E-state index in [0.717, 1.165) is 16.6 Å². The molecule has 1 aromatic carbocycles. The smallest absolute Gasteiger partial charge is 0.339 e. The van der Waals surface area contributed by atoms with Crippen molar-refractivity contribution >= 4 is 22.6 Å². The maximum Gasteiger partial charge on any atom is 0.339 e. The van der Waals surface area contributed by atoms with Crippen molar-refractivity contribution in [1.29, 1.82) is 0 Å². The normalized spacial score (nSPS) is 10.9. The van der Waals surface area contributed by atoms with Crippen molar-refractivity contribution in [2.45, 2.75) is 19.9 Å². The topological polar surface area (TPSA) is 53.4 Å². The van der Waals surface area contributed by atoms with Crippen LogP contribution in [0.2, 0.25) is 0 Å². The molecule has 2 aromatic rings. The largest absolute Gasteiger partial charge is 0.478 e. The number of para-hydroxylation sites is 1. The number of carboxylic acids is 1. The van der Waals surface area contributed by atoms with Gasteiger partial charge in [-0.1, -0.05) is 18.2 Å². The van der Waals surface area contributed by atoms with Gasteiger partial charge in [-0.2, -0.15) is 0 Å². The molecule has 18 heavy (non-hydrogen) atoms. The molecule has 0 aliphatic rings.